The molecule has 1 aromatic rings. The topological polar surface area (TPSA) is 98.9 Å². The molecule has 7 nitrogen and oxygen atoms in total. The Hall–Kier alpha value is -1.64. The van der Waals surface area contributed by atoms with Gasteiger partial charge in [-0.05, 0) is 11.4 Å². The van der Waals surface area contributed by atoms with Crippen LogP contribution in [0.3, 0.4) is 0 Å². The number of aliphatic hydroxyl groups is 1. The predicted octanol–water partition coefficient (Wildman–Crippen LogP) is -0.0159. The van der Waals surface area contributed by atoms with Crippen molar-refractivity contribution in [1.82, 2.24) is 15.1 Å². The summed E-state index contributed by atoms with van der Waals surface area (Å²) in [7, 11) is 0. The number of carbonyl (C=O) groups is 2. The van der Waals surface area contributed by atoms with E-state index >= 15 is 0 Å². The molecular formula is C14H22N4O3S. The van der Waals surface area contributed by atoms with Gasteiger partial charge in [0, 0.05) is 37.6 Å². The molecular weight excluding hydrogens is 304 g/mol. The number of carbonyl (C=O) groups excluding carboxylic acids is 2. The molecule has 2 heterocycles. The normalized spacial score (nSPS) is 17.2. The molecule has 0 saturated carbocycles. The Labute approximate surface area is 133 Å². The zero-order valence-electron chi connectivity index (χ0n) is 12.4. The van der Waals surface area contributed by atoms with Crippen LogP contribution in [0.4, 0.5) is 4.79 Å². The predicted molar refractivity (Wildman–Crippen MR) is 84.5 cm³/mol. The molecule has 0 radical (unpaired) electrons. The van der Waals surface area contributed by atoms with Crippen molar-refractivity contribution in [2.45, 2.75) is 12.5 Å². The summed E-state index contributed by atoms with van der Waals surface area (Å²) < 4.78 is 0. The Kier molecular flexibility index (Phi) is 6.17. The van der Waals surface area contributed by atoms with Gasteiger partial charge in [0.2, 0.25) is 5.91 Å². The molecule has 1 fully saturated rings. The lowest BCUT2D eigenvalue weighted by molar-refractivity contribution is -0.133. The number of urea groups is 1. The molecule has 0 bridgehead atoms. The first-order valence-corrected chi connectivity index (χ1v) is 8.18. The number of β-amino-alcohol motifs (C(OH)–C–C–N with tert-alkyl or cyclic N) is 1. The van der Waals surface area contributed by atoms with Gasteiger partial charge in [0.1, 0.15) is 0 Å². The van der Waals surface area contributed by atoms with Crippen LogP contribution in [0.15, 0.2) is 17.5 Å². The van der Waals surface area contributed by atoms with E-state index in [-0.39, 0.29) is 25.0 Å². The van der Waals surface area contributed by atoms with Gasteiger partial charge in [0.05, 0.1) is 19.1 Å². The van der Waals surface area contributed by atoms with Crippen LogP contribution in [-0.4, -0.2) is 66.2 Å². The van der Waals surface area contributed by atoms with Gasteiger partial charge in [-0.1, -0.05) is 6.07 Å². The van der Waals surface area contributed by atoms with Crippen LogP contribution in [0.1, 0.15) is 17.3 Å². The highest BCUT2D eigenvalue weighted by molar-refractivity contribution is 7.10. The zero-order valence-corrected chi connectivity index (χ0v) is 13.2. The van der Waals surface area contributed by atoms with E-state index in [0.29, 0.717) is 19.6 Å². The number of rotatable bonds is 6. The maximum atomic E-state index is 12.4. The number of primary amides is 1. The molecule has 4 N–H and O–H groups in total. The maximum absolute atomic E-state index is 12.4. The lowest BCUT2D eigenvalue weighted by Crippen LogP contribution is -2.50. The van der Waals surface area contributed by atoms with E-state index in [4.69, 9.17) is 10.8 Å². The zero-order chi connectivity index (χ0) is 15.9. The van der Waals surface area contributed by atoms with Gasteiger partial charge in [-0.25, -0.2) is 4.79 Å². The minimum atomic E-state index is -0.626. The largest absolute Gasteiger partial charge is 0.395 e. The van der Waals surface area contributed by atoms with Crippen LogP contribution >= 0.6 is 11.3 Å². The smallest absolute Gasteiger partial charge is 0.312 e. The first-order chi connectivity index (χ1) is 10.6. The molecule has 1 aliphatic rings. The molecule has 3 amide bonds. The summed E-state index contributed by atoms with van der Waals surface area (Å²) in [6.45, 7) is 3.59. The quantitative estimate of drug-likeness (QED) is 0.684. The number of nitrogens with one attached hydrogen (secondary N) is 1. The summed E-state index contributed by atoms with van der Waals surface area (Å²) >= 11 is 1.49. The first-order valence-electron chi connectivity index (χ1n) is 7.30. The van der Waals surface area contributed by atoms with E-state index in [1.54, 1.807) is 4.90 Å². The number of nitrogens with two attached hydrogens (primary N) is 1. The van der Waals surface area contributed by atoms with Crippen LogP contribution in [0.2, 0.25) is 0 Å². The van der Waals surface area contributed by atoms with Crippen molar-refractivity contribution in [3.8, 4) is 0 Å². The second-order valence-corrected chi connectivity index (χ2v) is 6.21. The Balaban J connectivity index is 1.90. The number of thiophene rings is 1. The van der Waals surface area contributed by atoms with Crippen molar-refractivity contribution in [2.24, 2.45) is 5.73 Å². The van der Waals surface area contributed by atoms with Crippen molar-refractivity contribution >= 4 is 23.3 Å². The van der Waals surface area contributed by atoms with Gasteiger partial charge in [0.25, 0.3) is 0 Å². The summed E-state index contributed by atoms with van der Waals surface area (Å²) in [5.74, 6) is 0.01000. The van der Waals surface area contributed by atoms with Crippen molar-refractivity contribution in [3.05, 3.63) is 22.4 Å². The average molecular weight is 326 g/mol. The molecule has 1 unspecified atom stereocenters. The van der Waals surface area contributed by atoms with Crippen LogP contribution in [-0.2, 0) is 4.79 Å². The Morgan fingerprint density at radius 2 is 2.09 bits per heavy atom. The second-order valence-electron chi connectivity index (χ2n) is 5.23. The lowest BCUT2D eigenvalue weighted by Gasteiger charge is -2.35. The number of nitrogens with zero attached hydrogens (tertiary/aromatic N) is 2. The van der Waals surface area contributed by atoms with E-state index < -0.39 is 6.03 Å². The Morgan fingerprint density at radius 3 is 2.64 bits per heavy atom. The molecule has 2 rings (SSSR count). The molecule has 1 saturated heterocycles. The first kappa shape index (κ1) is 16.7. The second kappa shape index (κ2) is 8.11. The fourth-order valence-corrected chi connectivity index (χ4v) is 3.33. The third-order valence-electron chi connectivity index (χ3n) is 3.72. The molecule has 1 aliphatic heterocycles. The van der Waals surface area contributed by atoms with Gasteiger partial charge in [-0.2, -0.15) is 0 Å². The number of hydrogen-bond donors (Lipinski definition) is 3. The minimum absolute atomic E-state index is 0.01000. The highest BCUT2D eigenvalue weighted by Gasteiger charge is 2.25. The SMILES string of the molecule is NC(=O)NC(CC(=O)N1CCN(CCO)CC1)c1cccs1. The molecule has 1 atom stereocenters. The van der Waals surface area contributed by atoms with Gasteiger partial charge in [-0.15, -0.1) is 11.3 Å². The molecule has 0 aromatic carbocycles. The van der Waals surface area contributed by atoms with E-state index in [1.807, 2.05) is 17.5 Å². The summed E-state index contributed by atoms with van der Waals surface area (Å²) in [4.78, 5) is 28.4. The average Bonchev–Trinajstić information content (AvgIpc) is 3.01. The van der Waals surface area contributed by atoms with Crippen LogP contribution in [0.5, 0.6) is 0 Å². The molecule has 0 aliphatic carbocycles. The van der Waals surface area contributed by atoms with Gasteiger partial charge in [-0.3, -0.25) is 9.69 Å². The standard InChI is InChI=1S/C14H22N4O3S/c15-14(21)16-11(12-2-1-9-22-12)10-13(20)18-5-3-17(4-6-18)7-8-19/h1-2,9,11,19H,3-8,10H2,(H3,15,16,21). The van der Waals surface area contributed by atoms with E-state index in [2.05, 4.69) is 10.2 Å². The van der Waals surface area contributed by atoms with Gasteiger partial charge in [0.15, 0.2) is 0 Å². The summed E-state index contributed by atoms with van der Waals surface area (Å²) in [5, 5.41) is 13.5. The number of amides is 3. The van der Waals surface area contributed by atoms with Crippen LogP contribution in [0, 0.1) is 0 Å². The van der Waals surface area contributed by atoms with Crippen molar-refractivity contribution in [3.63, 3.8) is 0 Å². The molecule has 1 aromatic heterocycles. The van der Waals surface area contributed by atoms with E-state index in [1.165, 1.54) is 11.3 Å². The Bertz CT molecular complexity index is 486. The van der Waals surface area contributed by atoms with Crippen LogP contribution in [0.25, 0.3) is 0 Å². The third-order valence-corrected chi connectivity index (χ3v) is 4.71. The Morgan fingerprint density at radius 1 is 1.36 bits per heavy atom. The summed E-state index contributed by atoms with van der Waals surface area (Å²) in [5.41, 5.74) is 5.20. The van der Waals surface area contributed by atoms with Crippen molar-refractivity contribution < 1.29 is 14.7 Å². The molecule has 8 heteroatoms. The van der Waals surface area contributed by atoms with Gasteiger partial charge < -0.3 is 21.1 Å². The molecule has 22 heavy (non-hydrogen) atoms. The number of aliphatic hydroxyl groups excluding tert-OH is 1. The monoisotopic (exact) mass is 326 g/mol. The van der Waals surface area contributed by atoms with Crippen molar-refractivity contribution in [1.29, 1.82) is 0 Å². The highest BCUT2D eigenvalue weighted by Crippen LogP contribution is 2.23. The minimum Gasteiger partial charge on any atom is -0.395 e. The van der Waals surface area contributed by atoms with Crippen molar-refractivity contribution in [2.75, 3.05) is 39.3 Å². The third kappa shape index (κ3) is 4.69. The highest BCUT2D eigenvalue weighted by atomic mass is 32.1. The fourth-order valence-electron chi connectivity index (χ4n) is 2.55. The summed E-state index contributed by atoms with van der Waals surface area (Å²) in [6, 6.07) is 2.77. The van der Waals surface area contributed by atoms with E-state index in [0.717, 1.165) is 18.0 Å². The summed E-state index contributed by atoms with van der Waals surface area (Å²) in [6.07, 6.45) is 0.212. The van der Waals surface area contributed by atoms with Gasteiger partial charge >= 0.3 is 6.03 Å². The number of piperazine rings is 1. The lowest BCUT2D eigenvalue weighted by atomic mass is 10.1. The van der Waals surface area contributed by atoms with E-state index in [9.17, 15) is 9.59 Å². The number of hydrogen-bond acceptors (Lipinski definition) is 5. The van der Waals surface area contributed by atoms with Crippen LogP contribution < -0.4 is 11.1 Å². The maximum Gasteiger partial charge on any atom is 0.312 e. The fraction of sp³-hybridized carbons (Fsp3) is 0.571. The molecule has 122 valence electrons. The molecule has 0 spiro atoms.